The predicted molar refractivity (Wildman–Crippen MR) is 55.8 cm³/mol. The molecule has 0 aromatic carbocycles. The van der Waals surface area contributed by atoms with Crippen LogP contribution in [0.4, 0.5) is 0 Å². The highest BCUT2D eigenvalue weighted by atomic mass is 32.1. The van der Waals surface area contributed by atoms with Crippen LogP contribution in [0.15, 0.2) is 29.6 Å². The molecular formula is C8H7BS2. The predicted octanol–water partition coefficient (Wildman–Crippen LogP) is 1.73. The van der Waals surface area contributed by atoms with Crippen molar-refractivity contribution in [1.82, 2.24) is 0 Å². The zero-order valence-electron chi connectivity index (χ0n) is 6.20. The summed E-state index contributed by atoms with van der Waals surface area (Å²) in [6, 6.07) is 8.61. The average molecular weight is 178 g/mol. The molecule has 54 valence electrons. The second-order valence-corrected chi connectivity index (χ2v) is 4.62. The first-order valence-corrected chi connectivity index (χ1v) is 5.16. The Labute approximate surface area is 74.9 Å². The van der Waals surface area contributed by atoms with Gasteiger partial charge in [-0.05, 0) is 22.3 Å². The van der Waals surface area contributed by atoms with Crippen molar-refractivity contribution < 1.29 is 0 Å². The van der Waals surface area contributed by atoms with Crippen molar-refractivity contribution in [3.8, 4) is 9.75 Å². The number of rotatable bonds is 1. The van der Waals surface area contributed by atoms with Crippen molar-refractivity contribution in [3.05, 3.63) is 29.6 Å². The van der Waals surface area contributed by atoms with Gasteiger partial charge in [-0.3, -0.25) is 0 Å². The third-order valence-corrected chi connectivity index (χ3v) is 3.57. The maximum absolute atomic E-state index is 2.19. The normalized spacial score (nSPS) is 10.2. The van der Waals surface area contributed by atoms with Gasteiger partial charge in [0.15, 0.2) is 7.85 Å². The smallest absolute Gasteiger partial charge is 0.150 e. The Morgan fingerprint density at radius 1 is 1.09 bits per heavy atom. The molecule has 0 atom stereocenters. The van der Waals surface area contributed by atoms with Gasteiger partial charge in [0.25, 0.3) is 0 Å². The summed E-state index contributed by atoms with van der Waals surface area (Å²) in [5.41, 5.74) is 0. The van der Waals surface area contributed by atoms with Crippen LogP contribution < -0.4 is 4.78 Å². The molecule has 0 saturated carbocycles. The van der Waals surface area contributed by atoms with E-state index >= 15 is 0 Å². The Bertz CT molecular complexity index is 335. The lowest BCUT2D eigenvalue weighted by atomic mass is 10.1. The molecule has 2 aromatic rings. The highest BCUT2D eigenvalue weighted by Crippen LogP contribution is 2.27. The van der Waals surface area contributed by atoms with Crippen LogP contribution in [0, 0.1) is 0 Å². The average Bonchev–Trinajstić information content (AvgIpc) is 2.55. The third-order valence-electron chi connectivity index (χ3n) is 1.50. The molecule has 0 unspecified atom stereocenters. The monoisotopic (exact) mass is 178 g/mol. The number of hydrogen-bond acceptors (Lipinski definition) is 2. The van der Waals surface area contributed by atoms with Gasteiger partial charge in [-0.1, -0.05) is 12.1 Å². The maximum atomic E-state index is 2.19. The van der Waals surface area contributed by atoms with Gasteiger partial charge in [0.2, 0.25) is 0 Å². The van der Waals surface area contributed by atoms with Gasteiger partial charge in [0, 0.05) is 9.75 Å². The summed E-state index contributed by atoms with van der Waals surface area (Å²) in [5, 5.41) is 2.12. The highest BCUT2D eigenvalue weighted by Gasteiger charge is 1.99. The van der Waals surface area contributed by atoms with E-state index in [9.17, 15) is 0 Å². The summed E-state index contributed by atoms with van der Waals surface area (Å²) in [6.07, 6.45) is 0. The van der Waals surface area contributed by atoms with Gasteiger partial charge in [-0.2, -0.15) is 11.3 Å². The van der Waals surface area contributed by atoms with Crippen LogP contribution in [-0.2, 0) is 0 Å². The van der Waals surface area contributed by atoms with Gasteiger partial charge in [-0.25, -0.2) is 0 Å². The lowest BCUT2D eigenvalue weighted by molar-refractivity contribution is 1.94. The molecule has 11 heavy (non-hydrogen) atoms. The molecule has 0 nitrogen and oxygen atoms in total. The van der Waals surface area contributed by atoms with Crippen molar-refractivity contribution >= 4 is 35.3 Å². The van der Waals surface area contributed by atoms with Gasteiger partial charge in [0.1, 0.15) is 0 Å². The minimum absolute atomic E-state index is 1.38. The van der Waals surface area contributed by atoms with Crippen LogP contribution in [0.1, 0.15) is 0 Å². The van der Waals surface area contributed by atoms with E-state index in [0.29, 0.717) is 0 Å². The minimum atomic E-state index is 1.38. The summed E-state index contributed by atoms with van der Waals surface area (Å²) in [7, 11) is 2.14. The van der Waals surface area contributed by atoms with Crippen LogP contribution in [0.25, 0.3) is 9.75 Å². The first-order chi connectivity index (χ1) is 5.36. The topological polar surface area (TPSA) is 0 Å². The fraction of sp³-hybridized carbons (Fsp3) is 0. The van der Waals surface area contributed by atoms with Crippen molar-refractivity contribution in [2.45, 2.75) is 0 Å². The van der Waals surface area contributed by atoms with Crippen molar-refractivity contribution in [1.29, 1.82) is 0 Å². The van der Waals surface area contributed by atoms with E-state index in [1.165, 1.54) is 14.5 Å². The summed E-state index contributed by atoms with van der Waals surface area (Å²) in [4.78, 5) is 2.76. The molecule has 0 spiro atoms. The SMILES string of the molecule is Bc1ccc(-c2cccs2)s1. The number of hydrogen-bond donors (Lipinski definition) is 0. The van der Waals surface area contributed by atoms with Gasteiger partial charge in [0.05, 0.1) is 0 Å². The molecule has 0 fully saturated rings. The molecule has 0 N–H and O–H groups in total. The van der Waals surface area contributed by atoms with E-state index in [2.05, 4.69) is 37.5 Å². The van der Waals surface area contributed by atoms with Crippen LogP contribution in [0.5, 0.6) is 0 Å². The lowest BCUT2D eigenvalue weighted by Gasteiger charge is -1.86. The van der Waals surface area contributed by atoms with E-state index in [1.54, 1.807) is 11.3 Å². The number of thiophene rings is 2. The van der Waals surface area contributed by atoms with E-state index < -0.39 is 0 Å². The Hall–Kier alpha value is -0.535. The molecule has 0 radical (unpaired) electrons. The van der Waals surface area contributed by atoms with Crippen LogP contribution in [0.3, 0.4) is 0 Å². The molecule has 3 heteroatoms. The Balaban J connectivity index is 2.45. The van der Waals surface area contributed by atoms with Crippen LogP contribution in [0.2, 0.25) is 0 Å². The molecule has 0 aliphatic carbocycles. The van der Waals surface area contributed by atoms with Gasteiger partial charge in [-0.15, -0.1) is 11.3 Å². The van der Waals surface area contributed by atoms with E-state index in [1.807, 2.05) is 11.3 Å². The van der Waals surface area contributed by atoms with Crippen LogP contribution >= 0.6 is 22.7 Å². The first-order valence-electron chi connectivity index (χ1n) is 3.46. The Morgan fingerprint density at radius 2 is 2.00 bits per heavy atom. The van der Waals surface area contributed by atoms with Crippen molar-refractivity contribution in [2.75, 3.05) is 0 Å². The molecule has 2 heterocycles. The zero-order chi connectivity index (χ0) is 7.68. The Morgan fingerprint density at radius 3 is 2.55 bits per heavy atom. The molecule has 0 aliphatic heterocycles. The van der Waals surface area contributed by atoms with Crippen molar-refractivity contribution in [3.63, 3.8) is 0 Å². The summed E-state index contributed by atoms with van der Waals surface area (Å²) >= 11 is 3.66. The summed E-state index contributed by atoms with van der Waals surface area (Å²) in [6.45, 7) is 0. The molecule has 0 aliphatic rings. The minimum Gasteiger partial charge on any atom is -0.150 e. The quantitative estimate of drug-likeness (QED) is 0.583. The third kappa shape index (κ3) is 1.39. The fourth-order valence-electron chi connectivity index (χ4n) is 0.986. The maximum Gasteiger partial charge on any atom is 0.152 e. The van der Waals surface area contributed by atoms with Gasteiger partial charge < -0.3 is 0 Å². The zero-order valence-corrected chi connectivity index (χ0v) is 7.84. The fourth-order valence-corrected chi connectivity index (χ4v) is 2.69. The summed E-state index contributed by atoms with van der Waals surface area (Å²) in [5.74, 6) is 0. The van der Waals surface area contributed by atoms with Gasteiger partial charge >= 0.3 is 0 Å². The van der Waals surface area contributed by atoms with Crippen LogP contribution in [-0.4, -0.2) is 7.85 Å². The summed E-state index contributed by atoms with van der Waals surface area (Å²) < 4.78 is 1.38. The van der Waals surface area contributed by atoms with Crippen molar-refractivity contribution in [2.24, 2.45) is 0 Å². The second kappa shape index (κ2) is 2.84. The molecular weight excluding hydrogens is 171 g/mol. The molecule has 2 rings (SSSR count). The van der Waals surface area contributed by atoms with E-state index in [4.69, 9.17) is 0 Å². The molecule has 0 saturated heterocycles. The van der Waals surface area contributed by atoms with E-state index in [0.717, 1.165) is 0 Å². The lowest BCUT2D eigenvalue weighted by Crippen LogP contribution is -1.88. The second-order valence-electron chi connectivity index (χ2n) is 2.39. The highest BCUT2D eigenvalue weighted by molar-refractivity contribution is 7.26. The largest absolute Gasteiger partial charge is 0.152 e. The molecule has 2 aromatic heterocycles. The Kier molecular flexibility index (Phi) is 1.84. The first kappa shape index (κ1) is 7.13. The molecule has 0 amide bonds. The molecule has 0 bridgehead atoms. The standard InChI is InChI=1S/C8H7BS2/c9-8-4-3-7(11-8)6-2-1-5-10-6/h1-5H,9H2. The van der Waals surface area contributed by atoms with E-state index in [-0.39, 0.29) is 0 Å².